The third-order valence-electron chi connectivity index (χ3n) is 3.10. The van der Waals surface area contributed by atoms with E-state index in [-0.39, 0.29) is 0 Å². The zero-order chi connectivity index (χ0) is 10.9. The largest absolute Gasteiger partial charge is 0.380 e. The van der Waals surface area contributed by atoms with E-state index in [0.717, 1.165) is 10.7 Å². The number of aromatic nitrogens is 1. The smallest absolute Gasteiger partial charge is 0.0718 e. The van der Waals surface area contributed by atoms with E-state index in [2.05, 4.69) is 24.1 Å². The predicted molar refractivity (Wildman–Crippen MR) is 64.3 cm³/mol. The van der Waals surface area contributed by atoms with E-state index in [0.29, 0.717) is 11.5 Å². The summed E-state index contributed by atoms with van der Waals surface area (Å²) in [5.41, 5.74) is 1.42. The number of anilines is 1. The lowest BCUT2D eigenvalue weighted by Crippen LogP contribution is -2.17. The molecule has 0 aromatic carbocycles. The van der Waals surface area contributed by atoms with E-state index in [1.54, 1.807) is 12.4 Å². The average molecular weight is 225 g/mol. The third kappa shape index (κ3) is 2.63. The normalized spacial score (nSPS) is 24.1. The van der Waals surface area contributed by atoms with Crippen LogP contribution < -0.4 is 5.32 Å². The summed E-state index contributed by atoms with van der Waals surface area (Å²) in [5, 5.41) is 4.23. The highest BCUT2D eigenvalue weighted by molar-refractivity contribution is 6.33. The number of rotatable bonds is 2. The molecular formula is C12H17ClN2. The highest BCUT2D eigenvalue weighted by Gasteiger charge is 2.30. The molecule has 0 spiro atoms. The molecule has 1 unspecified atom stereocenters. The van der Waals surface area contributed by atoms with Gasteiger partial charge >= 0.3 is 0 Å². The molecule has 1 aromatic heterocycles. The first-order chi connectivity index (χ1) is 7.07. The van der Waals surface area contributed by atoms with Gasteiger partial charge in [0.25, 0.3) is 0 Å². The summed E-state index contributed by atoms with van der Waals surface area (Å²) in [7, 11) is 0. The van der Waals surface area contributed by atoms with Gasteiger partial charge in [-0.3, -0.25) is 4.98 Å². The van der Waals surface area contributed by atoms with Crippen molar-refractivity contribution in [1.82, 2.24) is 4.98 Å². The zero-order valence-electron chi connectivity index (χ0n) is 9.26. The molecule has 1 fully saturated rings. The molecule has 0 bridgehead atoms. The number of nitrogens with zero attached hydrogens (tertiary/aromatic N) is 1. The second-order valence-corrected chi connectivity index (χ2v) is 5.51. The first-order valence-electron chi connectivity index (χ1n) is 5.43. The van der Waals surface area contributed by atoms with E-state index in [1.807, 2.05) is 6.07 Å². The Morgan fingerprint density at radius 3 is 2.93 bits per heavy atom. The summed E-state index contributed by atoms with van der Waals surface area (Å²) in [6.07, 6.45) is 7.22. The molecule has 0 saturated heterocycles. The Balaban J connectivity index is 2.02. The Labute approximate surface area is 96.1 Å². The van der Waals surface area contributed by atoms with Gasteiger partial charge in [-0.2, -0.15) is 0 Å². The summed E-state index contributed by atoms with van der Waals surface area (Å²) >= 11 is 6.07. The second-order valence-electron chi connectivity index (χ2n) is 5.10. The molecule has 0 aliphatic heterocycles. The molecule has 1 saturated carbocycles. The molecule has 2 rings (SSSR count). The molecule has 2 nitrogen and oxygen atoms in total. The maximum atomic E-state index is 6.07. The molecule has 1 aliphatic rings. The SMILES string of the molecule is CC1(C)CCC(Nc2cnccc2Cl)C1. The van der Waals surface area contributed by atoms with Crippen LogP contribution in [0.15, 0.2) is 18.5 Å². The summed E-state index contributed by atoms with van der Waals surface area (Å²) in [5.74, 6) is 0. The van der Waals surface area contributed by atoms with Crippen LogP contribution in [0.1, 0.15) is 33.1 Å². The lowest BCUT2D eigenvalue weighted by molar-refractivity contribution is 0.378. The van der Waals surface area contributed by atoms with Gasteiger partial charge in [-0.15, -0.1) is 0 Å². The van der Waals surface area contributed by atoms with Gasteiger partial charge in [0.05, 0.1) is 16.9 Å². The summed E-state index contributed by atoms with van der Waals surface area (Å²) in [6.45, 7) is 4.64. The fourth-order valence-electron chi connectivity index (χ4n) is 2.26. The van der Waals surface area contributed by atoms with Gasteiger partial charge in [-0.1, -0.05) is 25.4 Å². The maximum Gasteiger partial charge on any atom is 0.0718 e. The van der Waals surface area contributed by atoms with Gasteiger partial charge < -0.3 is 5.32 Å². The number of nitrogens with one attached hydrogen (secondary N) is 1. The number of hydrogen-bond acceptors (Lipinski definition) is 2. The monoisotopic (exact) mass is 224 g/mol. The van der Waals surface area contributed by atoms with Gasteiger partial charge in [-0.25, -0.2) is 0 Å². The quantitative estimate of drug-likeness (QED) is 0.828. The first kappa shape index (κ1) is 10.7. The molecule has 3 heteroatoms. The van der Waals surface area contributed by atoms with Gasteiger partial charge in [0.1, 0.15) is 0 Å². The number of halogens is 1. The van der Waals surface area contributed by atoms with E-state index < -0.39 is 0 Å². The molecule has 1 atom stereocenters. The average Bonchev–Trinajstić information content (AvgIpc) is 2.50. The maximum absolute atomic E-state index is 6.07. The minimum Gasteiger partial charge on any atom is -0.380 e. The van der Waals surface area contributed by atoms with Crippen molar-refractivity contribution in [1.29, 1.82) is 0 Å². The molecule has 82 valence electrons. The molecule has 0 amide bonds. The van der Waals surface area contributed by atoms with Crippen molar-refractivity contribution in [3.8, 4) is 0 Å². The van der Waals surface area contributed by atoms with Crippen LogP contribution in [-0.4, -0.2) is 11.0 Å². The Morgan fingerprint density at radius 2 is 2.33 bits per heavy atom. The van der Waals surface area contributed by atoms with Crippen LogP contribution >= 0.6 is 11.6 Å². The highest BCUT2D eigenvalue weighted by Crippen LogP contribution is 2.38. The van der Waals surface area contributed by atoms with E-state index >= 15 is 0 Å². The van der Waals surface area contributed by atoms with Crippen LogP contribution in [0.2, 0.25) is 5.02 Å². The predicted octanol–water partition coefficient (Wildman–Crippen LogP) is 3.73. The van der Waals surface area contributed by atoms with Crippen molar-refractivity contribution in [3.05, 3.63) is 23.5 Å². The van der Waals surface area contributed by atoms with Crippen molar-refractivity contribution in [2.75, 3.05) is 5.32 Å². The summed E-state index contributed by atoms with van der Waals surface area (Å²) in [4.78, 5) is 4.08. The molecule has 1 N–H and O–H groups in total. The van der Waals surface area contributed by atoms with Crippen LogP contribution in [0.3, 0.4) is 0 Å². The van der Waals surface area contributed by atoms with E-state index in [4.69, 9.17) is 11.6 Å². The number of hydrogen-bond donors (Lipinski definition) is 1. The lowest BCUT2D eigenvalue weighted by Gasteiger charge is -2.18. The van der Waals surface area contributed by atoms with Gasteiger partial charge in [0.15, 0.2) is 0 Å². The van der Waals surface area contributed by atoms with E-state index in [9.17, 15) is 0 Å². The Hall–Kier alpha value is -0.760. The molecule has 1 aliphatic carbocycles. The van der Waals surface area contributed by atoms with Gasteiger partial charge in [0, 0.05) is 12.2 Å². The topological polar surface area (TPSA) is 24.9 Å². The minimum absolute atomic E-state index is 0.465. The molecular weight excluding hydrogens is 208 g/mol. The second kappa shape index (κ2) is 4.01. The molecule has 15 heavy (non-hydrogen) atoms. The minimum atomic E-state index is 0.465. The van der Waals surface area contributed by atoms with E-state index in [1.165, 1.54) is 19.3 Å². The van der Waals surface area contributed by atoms with Crippen molar-refractivity contribution in [3.63, 3.8) is 0 Å². The fourth-order valence-corrected chi connectivity index (χ4v) is 2.42. The van der Waals surface area contributed by atoms with Crippen LogP contribution in [0.25, 0.3) is 0 Å². The van der Waals surface area contributed by atoms with Crippen molar-refractivity contribution in [2.24, 2.45) is 5.41 Å². The van der Waals surface area contributed by atoms with Crippen LogP contribution in [0.4, 0.5) is 5.69 Å². The summed E-state index contributed by atoms with van der Waals surface area (Å²) < 4.78 is 0. The van der Waals surface area contributed by atoms with Crippen LogP contribution in [-0.2, 0) is 0 Å². The highest BCUT2D eigenvalue weighted by atomic mass is 35.5. The standard InChI is InChI=1S/C12H17ClN2/c1-12(2)5-3-9(7-12)15-11-8-14-6-4-10(11)13/h4,6,8-9,15H,3,5,7H2,1-2H3. The van der Waals surface area contributed by atoms with Crippen molar-refractivity contribution >= 4 is 17.3 Å². The van der Waals surface area contributed by atoms with Crippen LogP contribution in [0, 0.1) is 5.41 Å². The molecule has 0 radical (unpaired) electrons. The Morgan fingerprint density at radius 1 is 1.53 bits per heavy atom. The molecule has 1 aromatic rings. The summed E-state index contributed by atoms with van der Waals surface area (Å²) in [6, 6.07) is 2.37. The molecule has 1 heterocycles. The zero-order valence-corrected chi connectivity index (χ0v) is 10.0. The third-order valence-corrected chi connectivity index (χ3v) is 3.43. The lowest BCUT2D eigenvalue weighted by atomic mass is 9.92. The van der Waals surface area contributed by atoms with Crippen molar-refractivity contribution in [2.45, 2.75) is 39.2 Å². The Kier molecular flexibility index (Phi) is 2.87. The Bertz CT molecular complexity index is 349. The van der Waals surface area contributed by atoms with Gasteiger partial charge in [0.2, 0.25) is 0 Å². The van der Waals surface area contributed by atoms with Crippen LogP contribution in [0.5, 0.6) is 0 Å². The van der Waals surface area contributed by atoms with Crippen molar-refractivity contribution < 1.29 is 0 Å². The fraction of sp³-hybridized carbons (Fsp3) is 0.583. The van der Waals surface area contributed by atoms with Gasteiger partial charge in [-0.05, 0) is 30.7 Å². The first-order valence-corrected chi connectivity index (χ1v) is 5.81. The number of pyridine rings is 1.